The Hall–Kier alpha value is -2.56. The van der Waals surface area contributed by atoms with E-state index in [9.17, 15) is 13.5 Å². The van der Waals surface area contributed by atoms with Crippen molar-refractivity contribution in [1.82, 2.24) is 25.5 Å². The first-order valence-corrected chi connectivity index (χ1v) is 11.3. The van der Waals surface area contributed by atoms with Gasteiger partial charge in [0.25, 0.3) is 0 Å². The van der Waals surface area contributed by atoms with Crippen molar-refractivity contribution in [2.24, 2.45) is 0 Å². The van der Waals surface area contributed by atoms with Gasteiger partial charge in [-0.25, -0.2) is 13.1 Å². The summed E-state index contributed by atoms with van der Waals surface area (Å²) in [5.74, 6) is 0.347. The fourth-order valence-corrected chi connectivity index (χ4v) is 4.05. The summed E-state index contributed by atoms with van der Waals surface area (Å²) in [4.78, 5) is 0. The van der Waals surface area contributed by atoms with Gasteiger partial charge in [-0.15, -0.1) is 5.10 Å². The van der Waals surface area contributed by atoms with E-state index < -0.39 is 21.3 Å². The lowest BCUT2D eigenvalue weighted by molar-refractivity contribution is 0.0618. The summed E-state index contributed by atoms with van der Waals surface area (Å²) >= 11 is 0. The van der Waals surface area contributed by atoms with E-state index in [-0.39, 0.29) is 12.1 Å². The molecule has 0 amide bonds. The van der Waals surface area contributed by atoms with Gasteiger partial charge in [0.2, 0.25) is 0 Å². The highest BCUT2D eigenvalue weighted by atomic mass is 32.2. The van der Waals surface area contributed by atoms with Gasteiger partial charge in [0.1, 0.15) is 10.9 Å². The molecule has 10 heteroatoms. The minimum absolute atomic E-state index is 0.0380. The first-order valence-electron chi connectivity index (χ1n) is 9.38. The van der Waals surface area contributed by atoms with Crippen molar-refractivity contribution >= 4 is 9.84 Å². The van der Waals surface area contributed by atoms with Crippen molar-refractivity contribution in [3.05, 3.63) is 54.0 Å². The largest absolute Gasteiger partial charge is 0.371 e. The van der Waals surface area contributed by atoms with Crippen LogP contribution in [0.25, 0.3) is 11.3 Å². The lowest BCUT2D eigenvalue weighted by Gasteiger charge is -2.37. The molecule has 3 aromatic rings. The molecule has 2 heterocycles. The SMILES string of the molecule is CC(c1cnnn1[C@H]1C[C@H](NC(O)c2cc(-c3ccccc3)no2)C1)S(C)(=O)=O. The molecule has 2 unspecified atom stereocenters. The maximum absolute atomic E-state index is 11.9. The second kappa shape index (κ2) is 7.69. The standard InChI is InChI=1S/C19H23N5O4S/c1-12(29(2,26)27)17-11-20-23-24(17)15-8-14(9-15)21-19(25)18-10-16(22-28-18)13-6-4-3-5-7-13/h3-7,10-12,14-15,19,21,25H,8-9H2,1-2H3/t12?,14-,15-,19?. The number of aliphatic hydroxyl groups excluding tert-OH is 1. The zero-order valence-corrected chi connectivity index (χ0v) is 17.0. The molecular weight excluding hydrogens is 394 g/mol. The zero-order valence-electron chi connectivity index (χ0n) is 16.1. The Bertz CT molecular complexity index is 1070. The molecule has 2 atom stereocenters. The van der Waals surface area contributed by atoms with Gasteiger partial charge in [0.15, 0.2) is 21.8 Å². The number of nitrogens with one attached hydrogen (secondary N) is 1. The summed E-state index contributed by atoms with van der Waals surface area (Å²) in [5, 5.41) is 24.8. The van der Waals surface area contributed by atoms with Crippen LogP contribution in [-0.4, -0.2) is 46.0 Å². The van der Waals surface area contributed by atoms with Crippen LogP contribution in [-0.2, 0) is 9.84 Å². The molecule has 29 heavy (non-hydrogen) atoms. The van der Waals surface area contributed by atoms with Crippen LogP contribution < -0.4 is 5.32 Å². The van der Waals surface area contributed by atoms with Gasteiger partial charge in [-0.3, -0.25) is 5.32 Å². The summed E-state index contributed by atoms with van der Waals surface area (Å²) in [7, 11) is -3.23. The number of rotatable bonds is 7. The van der Waals surface area contributed by atoms with Crippen molar-refractivity contribution in [3.8, 4) is 11.3 Å². The van der Waals surface area contributed by atoms with Gasteiger partial charge in [0, 0.05) is 23.9 Å². The Morgan fingerprint density at radius 2 is 2.00 bits per heavy atom. The molecule has 0 radical (unpaired) electrons. The number of aliphatic hydroxyl groups is 1. The molecule has 1 saturated carbocycles. The summed E-state index contributed by atoms with van der Waals surface area (Å²) in [6, 6.07) is 11.4. The van der Waals surface area contributed by atoms with E-state index in [0.29, 0.717) is 30.0 Å². The minimum atomic E-state index is -3.23. The number of aromatic nitrogens is 4. The number of sulfone groups is 1. The quantitative estimate of drug-likeness (QED) is 0.560. The highest BCUT2D eigenvalue weighted by Crippen LogP contribution is 2.36. The summed E-state index contributed by atoms with van der Waals surface area (Å²) in [6.45, 7) is 1.64. The summed E-state index contributed by atoms with van der Waals surface area (Å²) in [6.07, 6.45) is 3.13. The van der Waals surface area contributed by atoms with Gasteiger partial charge >= 0.3 is 0 Å². The highest BCUT2D eigenvalue weighted by molar-refractivity contribution is 7.90. The molecule has 154 valence electrons. The Labute approximate surface area is 168 Å². The highest BCUT2D eigenvalue weighted by Gasteiger charge is 2.36. The molecule has 0 aliphatic heterocycles. The van der Waals surface area contributed by atoms with Crippen LogP contribution in [0, 0.1) is 0 Å². The Kier molecular flexibility index (Phi) is 5.24. The van der Waals surface area contributed by atoms with E-state index in [1.54, 1.807) is 17.7 Å². The molecule has 0 saturated heterocycles. The predicted octanol–water partition coefficient (Wildman–Crippen LogP) is 2.02. The van der Waals surface area contributed by atoms with Crippen LogP contribution >= 0.6 is 0 Å². The molecule has 0 bridgehead atoms. The van der Waals surface area contributed by atoms with E-state index in [0.717, 1.165) is 5.56 Å². The number of benzene rings is 1. The van der Waals surface area contributed by atoms with Gasteiger partial charge in [-0.2, -0.15) is 0 Å². The van der Waals surface area contributed by atoms with Gasteiger partial charge < -0.3 is 9.63 Å². The average Bonchev–Trinajstić information content (AvgIpc) is 3.33. The van der Waals surface area contributed by atoms with Crippen molar-refractivity contribution in [2.75, 3.05) is 6.26 Å². The molecule has 4 rings (SSSR count). The van der Waals surface area contributed by atoms with Gasteiger partial charge in [-0.1, -0.05) is 40.7 Å². The molecule has 1 fully saturated rings. The third kappa shape index (κ3) is 4.09. The molecule has 1 aromatic carbocycles. The maximum atomic E-state index is 11.9. The lowest BCUT2D eigenvalue weighted by atomic mass is 9.86. The van der Waals surface area contributed by atoms with Crippen LogP contribution in [0.3, 0.4) is 0 Å². The van der Waals surface area contributed by atoms with Crippen molar-refractivity contribution in [1.29, 1.82) is 0 Å². The van der Waals surface area contributed by atoms with Crippen LogP contribution in [0.5, 0.6) is 0 Å². The average molecular weight is 417 g/mol. The van der Waals surface area contributed by atoms with E-state index in [4.69, 9.17) is 4.52 Å². The van der Waals surface area contributed by atoms with Crippen molar-refractivity contribution in [2.45, 2.75) is 43.3 Å². The van der Waals surface area contributed by atoms with E-state index in [1.807, 2.05) is 30.3 Å². The minimum Gasteiger partial charge on any atom is -0.371 e. The molecule has 9 nitrogen and oxygen atoms in total. The van der Waals surface area contributed by atoms with Crippen molar-refractivity contribution < 1.29 is 18.0 Å². The molecule has 1 aliphatic rings. The fourth-order valence-electron chi connectivity index (χ4n) is 3.44. The van der Waals surface area contributed by atoms with E-state index >= 15 is 0 Å². The van der Waals surface area contributed by atoms with Crippen LogP contribution in [0.1, 0.15) is 48.7 Å². The smallest absolute Gasteiger partial charge is 0.180 e. The number of nitrogens with zero attached hydrogens (tertiary/aromatic N) is 4. The van der Waals surface area contributed by atoms with Crippen molar-refractivity contribution in [3.63, 3.8) is 0 Å². The Balaban J connectivity index is 1.36. The third-order valence-electron chi connectivity index (χ3n) is 5.38. The predicted molar refractivity (Wildman–Crippen MR) is 105 cm³/mol. The van der Waals surface area contributed by atoms with Crippen LogP contribution in [0.4, 0.5) is 0 Å². The molecule has 1 aliphatic carbocycles. The topological polar surface area (TPSA) is 123 Å². The Morgan fingerprint density at radius 1 is 1.28 bits per heavy atom. The van der Waals surface area contributed by atoms with Crippen LogP contribution in [0.2, 0.25) is 0 Å². The normalized spacial score (nSPS) is 21.5. The van der Waals surface area contributed by atoms with Gasteiger partial charge in [-0.05, 0) is 19.8 Å². The zero-order chi connectivity index (χ0) is 20.6. The number of hydrogen-bond acceptors (Lipinski definition) is 8. The second-order valence-electron chi connectivity index (χ2n) is 7.45. The molecular formula is C19H23N5O4S. The van der Waals surface area contributed by atoms with Crippen LogP contribution in [0.15, 0.2) is 47.1 Å². The Morgan fingerprint density at radius 3 is 2.69 bits per heavy atom. The first-order chi connectivity index (χ1) is 13.8. The van der Waals surface area contributed by atoms with Gasteiger partial charge in [0.05, 0.1) is 17.9 Å². The molecule has 0 spiro atoms. The lowest BCUT2D eigenvalue weighted by Crippen LogP contribution is -2.44. The maximum Gasteiger partial charge on any atom is 0.180 e. The monoisotopic (exact) mass is 417 g/mol. The summed E-state index contributed by atoms with van der Waals surface area (Å²) < 4.78 is 30.7. The first kappa shape index (κ1) is 19.7. The number of hydrogen-bond donors (Lipinski definition) is 2. The third-order valence-corrected chi connectivity index (χ3v) is 6.91. The van der Waals surface area contributed by atoms with E-state index in [2.05, 4.69) is 20.8 Å². The molecule has 2 N–H and O–H groups in total. The van der Waals surface area contributed by atoms with E-state index in [1.165, 1.54) is 12.5 Å². The second-order valence-corrected chi connectivity index (χ2v) is 9.81. The summed E-state index contributed by atoms with van der Waals surface area (Å²) in [5.41, 5.74) is 2.16. The molecule has 2 aromatic heterocycles. The fraction of sp³-hybridized carbons (Fsp3) is 0.421.